The van der Waals surface area contributed by atoms with Crippen LogP contribution in [0.2, 0.25) is 0 Å². The van der Waals surface area contributed by atoms with Crippen molar-refractivity contribution in [3.05, 3.63) is 95.4 Å². The van der Waals surface area contributed by atoms with E-state index in [9.17, 15) is 22.8 Å². The fraction of sp³-hybridized carbons (Fsp3) is 0.357. The smallest absolute Gasteiger partial charge is 0.416 e. The van der Waals surface area contributed by atoms with Crippen molar-refractivity contribution in [2.24, 2.45) is 0 Å². The Kier molecular flexibility index (Phi) is 9.19. The molecular formula is C28H30F3N3O4. The van der Waals surface area contributed by atoms with Crippen LogP contribution in [-0.2, 0) is 28.8 Å². The maximum absolute atomic E-state index is 13.6. The maximum Gasteiger partial charge on any atom is 0.416 e. The highest BCUT2D eigenvalue weighted by atomic mass is 19.4. The molecule has 0 saturated carbocycles. The molecule has 1 aliphatic rings. The zero-order valence-electron chi connectivity index (χ0n) is 20.9. The highest BCUT2D eigenvalue weighted by molar-refractivity contribution is 5.96. The minimum atomic E-state index is -4.58. The summed E-state index contributed by atoms with van der Waals surface area (Å²) in [5, 5.41) is 0. The molecule has 38 heavy (non-hydrogen) atoms. The molecule has 10 heteroatoms. The van der Waals surface area contributed by atoms with Crippen LogP contribution in [0.15, 0.2) is 77.4 Å². The summed E-state index contributed by atoms with van der Waals surface area (Å²) in [4.78, 5) is 32.0. The summed E-state index contributed by atoms with van der Waals surface area (Å²) in [5.41, 5.74) is -0.127. The van der Waals surface area contributed by atoms with Crippen LogP contribution in [0.25, 0.3) is 0 Å². The molecule has 3 aromatic rings. The number of rotatable bonds is 10. The molecule has 1 aliphatic heterocycles. The zero-order valence-corrected chi connectivity index (χ0v) is 20.9. The Balaban J connectivity index is 1.55. The maximum atomic E-state index is 13.6. The summed E-state index contributed by atoms with van der Waals surface area (Å²) in [5.74, 6) is -0.388. The number of hydrogen-bond donors (Lipinski definition) is 0. The number of hydrogen-bond acceptors (Lipinski definition) is 5. The Hall–Kier alpha value is -3.63. The lowest BCUT2D eigenvalue weighted by Gasteiger charge is -2.31. The SMILES string of the molecule is O=C(CN(CCN1CCOCC1)C(=O)c1cccc(C(F)(F)F)c1)N(Cc1ccccc1)Cc1ccco1. The normalized spacial score (nSPS) is 14.3. The van der Waals surface area contributed by atoms with Gasteiger partial charge in [-0.25, -0.2) is 0 Å². The second kappa shape index (κ2) is 12.7. The van der Waals surface area contributed by atoms with E-state index in [1.54, 1.807) is 17.0 Å². The lowest BCUT2D eigenvalue weighted by atomic mass is 10.1. The Morgan fingerprint density at radius 1 is 0.895 bits per heavy atom. The van der Waals surface area contributed by atoms with Crippen LogP contribution in [-0.4, -0.2) is 72.5 Å². The first-order valence-corrected chi connectivity index (χ1v) is 12.4. The fourth-order valence-corrected chi connectivity index (χ4v) is 4.24. The highest BCUT2D eigenvalue weighted by Crippen LogP contribution is 2.29. The summed E-state index contributed by atoms with van der Waals surface area (Å²) in [6.45, 7) is 3.33. The topological polar surface area (TPSA) is 66.2 Å². The predicted octanol–water partition coefficient (Wildman–Crippen LogP) is 4.30. The van der Waals surface area contributed by atoms with E-state index in [1.165, 1.54) is 23.3 Å². The Morgan fingerprint density at radius 2 is 1.66 bits per heavy atom. The Bertz CT molecular complexity index is 1180. The Labute approximate surface area is 219 Å². The van der Waals surface area contributed by atoms with E-state index in [-0.39, 0.29) is 37.6 Å². The van der Waals surface area contributed by atoms with Crippen molar-refractivity contribution in [3.63, 3.8) is 0 Å². The van der Waals surface area contributed by atoms with Crippen molar-refractivity contribution in [2.75, 3.05) is 45.9 Å². The summed E-state index contributed by atoms with van der Waals surface area (Å²) in [7, 11) is 0. The van der Waals surface area contributed by atoms with Crippen molar-refractivity contribution in [1.82, 2.24) is 14.7 Å². The van der Waals surface area contributed by atoms with Crippen molar-refractivity contribution in [2.45, 2.75) is 19.3 Å². The van der Waals surface area contributed by atoms with Crippen LogP contribution < -0.4 is 0 Å². The van der Waals surface area contributed by atoms with Gasteiger partial charge in [0.25, 0.3) is 5.91 Å². The third-order valence-electron chi connectivity index (χ3n) is 6.34. The van der Waals surface area contributed by atoms with Crippen LogP contribution in [0.1, 0.15) is 27.2 Å². The second-order valence-corrected chi connectivity index (χ2v) is 9.07. The van der Waals surface area contributed by atoms with E-state index in [0.29, 0.717) is 38.6 Å². The molecule has 7 nitrogen and oxygen atoms in total. The van der Waals surface area contributed by atoms with Gasteiger partial charge in [0.1, 0.15) is 12.3 Å². The molecule has 2 amide bonds. The molecule has 0 spiro atoms. The number of morpholine rings is 1. The van der Waals surface area contributed by atoms with Gasteiger partial charge >= 0.3 is 6.18 Å². The van der Waals surface area contributed by atoms with E-state index in [2.05, 4.69) is 4.90 Å². The van der Waals surface area contributed by atoms with Crippen molar-refractivity contribution in [3.8, 4) is 0 Å². The van der Waals surface area contributed by atoms with E-state index >= 15 is 0 Å². The van der Waals surface area contributed by atoms with Gasteiger partial charge in [-0.1, -0.05) is 36.4 Å². The molecule has 1 fully saturated rings. The molecule has 0 unspecified atom stereocenters. The molecule has 202 valence electrons. The number of nitrogens with zero attached hydrogens (tertiary/aromatic N) is 3. The molecule has 2 aromatic carbocycles. The largest absolute Gasteiger partial charge is 0.467 e. The first-order valence-electron chi connectivity index (χ1n) is 12.4. The van der Waals surface area contributed by atoms with Gasteiger partial charge in [-0.05, 0) is 35.9 Å². The van der Waals surface area contributed by atoms with E-state index < -0.39 is 17.6 Å². The summed E-state index contributed by atoms with van der Waals surface area (Å²) in [6, 6.07) is 17.2. The first-order chi connectivity index (χ1) is 18.3. The summed E-state index contributed by atoms with van der Waals surface area (Å²) in [6.07, 6.45) is -3.06. The zero-order chi connectivity index (χ0) is 27.0. The monoisotopic (exact) mass is 529 g/mol. The molecule has 0 N–H and O–H groups in total. The number of benzene rings is 2. The van der Waals surface area contributed by atoms with Crippen molar-refractivity contribution >= 4 is 11.8 Å². The van der Waals surface area contributed by atoms with Crippen molar-refractivity contribution < 1.29 is 31.9 Å². The highest BCUT2D eigenvalue weighted by Gasteiger charge is 2.32. The molecule has 0 radical (unpaired) electrons. The van der Waals surface area contributed by atoms with Gasteiger partial charge in [-0.15, -0.1) is 0 Å². The average molecular weight is 530 g/mol. The Morgan fingerprint density at radius 3 is 2.34 bits per heavy atom. The summed E-state index contributed by atoms with van der Waals surface area (Å²) >= 11 is 0. The molecule has 2 heterocycles. The molecule has 0 bridgehead atoms. The molecular weight excluding hydrogens is 499 g/mol. The number of halogens is 3. The van der Waals surface area contributed by atoms with Gasteiger partial charge in [-0.3, -0.25) is 14.5 Å². The predicted molar refractivity (Wildman–Crippen MR) is 134 cm³/mol. The van der Waals surface area contributed by atoms with Gasteiger partial charge in [0.2, 0.25) is 5.91 Å². The number of carbonyl (C=O) groups is 2. The van der Waals surface area contributed by atoms with Gasteiger partial charge in [-0.2, -0.15) is 13.2 Å². The van der Waals surface area contributed by atoms with Crippen molar-refractivity contribution in [1.29, 1.82) is 0 Å². The van der Waals surface area contributed by atoms with Gasteiger partial charge in [0.05, 0.1) is 31.6 Å². The van der Waals surface area contributed by atoms with E-state index in [0.717, 1.165) is 17.7 Å². The van der Waals surface area contributed by atoms with Gasteiger partial charge in [0.15, 0.2) is 0 Å². The number of furan rings is 1. The van der Waals surface area contributed by atoms with Crippen LogP contribution in [0.5, 0.6) is 0 Å². The molecule has 1 saturated heterocycles. The van der Waals surface area contributed by atoms with E-state index in [4.69, 9.17) is 9.15 Å². The minimum absolute atomic E-state index is 0.116. The number of carbonyl (C=O) groups excluding carboxylic acids is 2. The molecule has 4 rings (SSSR count). The van der Waals surface area contributed by atoms with Gasteiger partial charge < -0.3 is 19.0 Å². The third-order valence-corrected chi connectivity index (χ3v) is 6.34. The molecule has 1 aromatic heterocycles. The average Bonchev–Trinajstić information content (AvgIpc) is 3.44. The molecule has 0 atom stereocenters. The number of amides is 2. The first kappa shape index (κ1) is 27.4. The molecule has 0 aliphatic carbocycles. The quantitative estimate of drug-likeness (QED) is 0.392. The standard InChI is InChI=1S/C28H30F3N3O4/c29-28(30,31)24-9-4-8-23(18-24)27(36)33(12-11-32-13-16-37-17-14-32)21-26(35)34(20-25-10-5-15-38-25)19-22-6-2-1-3-7-22/h1-10,15,18H,11-14,16-17,19-21H2. The summed E-state index contributed by atoms with van der Waals surface area (Å²) < 4.78 is 50.8. The third kappa shape index (κ3) is 7.69. The number of ether oxygens (including phenoxy) is 1. The van der Waals surface area contributed by atoms with Crippen LogP contribution in [0, 0.1) is 0 Å². The van der Waals surface area contributed by atoms with Gasteiger partial charge in [0, 0.05) is 38.3 Å². The van der Waals surface area contributed by atoms with Crippen LogP contribution in [0.4, 0.5) is 13.2 Å². The number of alkyl halides is 3. The van der Waals surface area contributed by atoms with Crippen LogP contribution >= 0.6 is 0 Å². The van der Waals surface area contributed by atoms with E-state index in [1.807, 2.05) is 30.3 Å². The van der Waals surface area contributed by atoms with Crippen LogP contribution in [0.3, 0.4) is 0 Å². The second-order valence-electron chi connectivity index (χ2n) is 9.07. The lowest BCUT2D eigenvalue weighted by molar-refractivity contribution is -0.137. The fourth-order valence-electron chi connectivity index (χ4n) is 4.24. The lowest BCUT2D eigenvalue weighted by Crippen LogP contribution is -2.47. The minimum Gasteiger partial charge on any atom is -0.467 e.